The Kier molecular flexibility index (Phi) is 5.67. The Bertz CT molecular complexity index is 1000. The molecule has 162 valence electrons. The maximum absolute atomic E-state index is 13.3. The number of imide groups is 1. The van der Waals surface area contributed by atoms with E-state index in [0.717, 1.165) is 11.1 Å². The van der Waals surface area contributed by atoms with Gasteiger partial charge in [0.25, 0.3) is 11.8 Å². The first-order chi connectivity index (χ1) is 14.9. The molecule has 0 radical (unpaired) electrons. The number of benzene rings is 2. The van der Waals surface area contributed by atoms with Crippen molar-refractivity contribution in [3.8, 4) is 5.75 Å². The molecule has 7 heteroatoms. The summed E-state index contributed by atoms with van der Waals surface area (Å²) in [6.45, 7) is 5.21. The lowest BCUT2D eigenvalue weighted by atomic mass is 9.88. The number of nitrogens with zero attached hydrogens (tertiary/aromatic N) is 2. The molecule has 0 aliphatic carbocycles. The van der Waals surface area contributed by atoms with E-state index >= 15 is 0 Å². The minimum Gasteiger partial charge on any atom is -0.493 e. The minimum absolute atomic E-state index is 0.154. The molecule has 2 saturated heterocycles. The molecule has 2 aromatic carbocycles. The van der Waals surface area contributed by atoms with Crippen LogP contribution in [-0.2, 0) is 11.3 Å². The van der Waals surface area contributed by atoms with Gasteiger partial charge in [0.1, 0.15) is 11.3 Å². The van der Waals surface area contributed by atoms with Crippen LogP contribution in [0.25, 0.3) is 0 Å². The van der Waals surface area contributed by atoms with E-state index in [9.17, 15) is 14.4 Å². The average molecular weight is 421 g/mol. The van der Waals surface area contributed by atoms with Crippen molar-refractivity contribution in [1.29, 1.82) is 0 Å². The first-order valence-corrected chi connectivity index (χ1v) is 10.6. The van der Waals surface area contributed by atoms with Crippen LogP contribution in [0, 0.1) is 6.92 Å². The summed E-state index contributed by atoms with van der Waals surface area (Å²) in [5.41, 5.74) is 1.40. The van der Waals surface area contributed by atoms with Gasteiger partial charge in [-0.1, -0.05) is 42.0 Å². The molecule has 2 aromatic rings. The molecule has 1 atom stereocenters. The molecule has 0 saturated carbocycles. The molecule has 1 unspecified atom stereocenters. The van der Waals surface area contributed by atoms with Gasteiger partial charge in [-0.2, -0.15) is 0 Å². The maximum Gasteiger partial charge on any atom is 0.325 e. The third kappa shape index (κ3) is 4.00. The molecule has 2 aliphatic heterocycles. The number of para-hydroxylation sites is 1. The predicted molar refractivity (Wildman–Crippen MR) is 116 cm³/mol. The number of amides is 4. The van der Waals surface area contributed by atoms with E-state index in [1.54, 1.807) is 23.1 Å². The number of carbonyl (C=O) groups excluding carboxylic acids is 3. The van der Waals surface area contributed by atoms with Gasteiger partial charge in [0.05, 0.1) is 25.3 Å². The molecule has 4 amide bonds. The van der Waals surface area contributed by atoms with Crippen LogP contribution in [-0.4, -0.2) is 52.9 Å². The Balaban J connectivity index is 1.53. The fraction of sp³-hybridized carbons (Fsp3) is 0.375. The van der Waals surface area contributed by atoms with Crippen molar-refractivity contribution in [3.05, 3.63) is 65.2 Å². The van der Waals surface area contributed by atoms with E-state index in [-0.39, 0.29) is 24.9 Å². The largest absolute Gasteiger partial charge is 0.493 e. The second-order valence-corrected chi connectivity index (χ2v) is 8.15. The smallest absolute Gasteiger partial charge is 0.325 e. The number of likely N-dealkylation sites (tertiary alicyclic amines) is 1. The van der Waals surface area contributed by atoms with Gasteiger partial charge >= 0.3 is 6.03 Å². The summed E-state index contributed by atoms with van der Waals surface area (Å²) in [6.07, 6.45) is 1.14. The molecule has 2 heterocycles. The summed E-state index contributed by atoms with van der Waals surface area (Å²) < 4.78 is 5.60. The van der Waals surface area contributed by atoms with E-state index in [0.29, 0.717) is 37.3 Å². The highest BCUT2D eigenvalue weighted by Gasteiger charge is 2.53. The number of nitrogens with one attached hydrogen (secondary N) is 1. The molecule has 1 N–H and O–H groups in total. The highest BCUT2D eigenvalue weighted by Crippen LogP contribution is 2.31. The summed E-state index contributed by atoms with van der Waals surface area (Å²) in [7, 11) is 0. The summed E-state index contributed by atoms with van der Waals surface area (Å²) in [4.78, 5) is 42.1. The molecule has 0 aromatic heterocycles. The predicted octanol–water partition coefficient (Wildman–Crippen LogP) is 3.12. The van der Waals surface area contributed by atoms with Crippen molar-refractivity contribution in [2.75, 3.05) is 19.7 Å². The number of piperidine rings is 1. The molecule has 2 fully saturated rings. The van der Waals surface area contributed by atoms with Gasteiger partial charge in [-0.15, -0.1) is 0 Å². The zero-order valence-electron chi connectivity index (χ0n) is 17.9. The number of ether oxygens (including phenoxy) is 1. The van der Waals surface area contributed by atoms with Gasteiger partial charge in [0.15, 0.2) is 0 Å². The minimum atomic E-state index is -1.07. The standard InChI is InChI=1S/C24H27N3O4/c1-3-31-20-8-5-4-7-19(20)21(28)26-14-6-13-24(16-26)22(29)27(23(30)25-24)15-18-11-9-17(2)10-12-18/h4-5,7-12H,3,6,13-16H2,1-2H3,(H,25,30). The molecule has 0 bridgehead atoms. The summed E-state index contributed by atoms with van der Waals surface area (Å²) in [5.74, 6) is 0.0632. The second kappa shape index (κ2) is 8.41. The Hall–Kier alpha value is -3.35. The van der Waals surface area contributed by atoms with Gasteiger partial charge in [0.2, 0.25) is 0 Å². The van der Waals surface area contributed by atoms with Crippen molar-refractivity contribution in [3.63, 3.8) is 0 Å². The van der Waals surface area contributed by atoms with Gasteiger partial charge in [-0.25, -0.2) is 4.79 Å². The van der Waals surface area contributed by atoms with Crippen LogP contribution in [0.2, 0.25) is 0 Å². The van der Waals surface area contributed by atoms with Crippen LogP contribution >= 0.6 is 0 Å². The van der Waals surface area contributed by atoms with Crippen LogP contribution in [0.1, 0.15) is 41.3 Å². The third-order valence-corrected chi connectivity index (χ3v) is 5.90. The first kappa shape index (κ1) is 20.9. The Morgan fingerprint density at radius 2 is 1.87 bits per heavy atom. The molecule has 4 rings (SSSR count). The Morgan fingerprint density at radius 3 is 2.61 bits per heavy atom. The maximum atomic E-state index is 13.3. The lowest BCUT2D eigenvalue weighted by Gasteiger charge is -2.38. The van der Waals surface area contributed by atoms with E-state index in [2.05, 4.69) is 5.32 Å². The fourth-order valence-electron chi connectivity index (χ4n) is 4.30. The summed E-state index contributed by atoms with van der Waals surface area (Å²) in [6, 6.07) is 14.5. The van der Waals surface area contributed by atoms with E-state index in [4.69, 9.17) is 4.74 Å². The number of aryl methyl sites for hydroxylation is 1. The normalized spacial score (nSPS) is 20.8. The van der Waals surface area contributed by atoms with Crippen molar-refractivity contribution in [2.24, 2.45) is 0 Å². The molecule has 2 aliphatic rings. The van der Waals surface area contributed by atoms with Crippen LogP contribution < -0.4 is 10.1 Å². The lowest BCUT2D eigenvalue weighted by molar-refractivity contribution is -0.133. The summed E-state index contributed by atoms with van der Waals surface area (Å²) in [5, 5.41) is 2.89. The Labute approximate surface area is 182 Å². The highest BCUT2D eigenvalue weighted by molar-refractivity contribution is 6.08. The lowest BCUT2D eigenvalue weighted by Crippen LogP contribution is -2.59. The Morgan fingerprint density at radius 1 is 1.13 bits per heavy atom. The number of hydrogen-bond acceptors (Lipinski definition) is 4. The molecule has 1 spiro atoms. The fourth-order valence-corrected chi connectivity index (χ4v) is 4.30. The monoisotopic (exact) mass is 421 g/mol. The number of rotatable bonds is 5. The van der Waals surface area contributed by atoms with Crippen molar-refractivity contribution in [1.82, 2.24) is 15.1 Å². The second-order valence-electron chi connectivity index (χ2n) is 8.15. The van der Waals surface area contributed by atoms with Gasteiger partial charge in [-0.05, 0) is 44.4 Å². The molecule has 31 heavy (non-hydrogen) atoms. The van der Waals surface area contributed by atoms with Gasteiger partial charge < -0.3 is 15.0 Å². The van der Waals surface area contributed by atoms with E-state index < -0.39 is 11.6 Å². The number of urea groups is 1. The zero-order chi connectivity index (χ0) is 22.0. The van der Waals surface area contributed by atoms with Crippen molar-refractivity contribution < 1.29 is 19.1 Å². The average Bonchev–Trinajstić information content (AvgIpc) is 2.99. The molecular formula is C24H27N3O4. The van der Waals surface area contributed by atoms with E-state index in [1.807, 2.05) is 44.2 Å². The molecular weight excluding hydrogens is 394 g/mol. The summed E-state index contributed by atoms with van der Waals surface area (Å²) >= 11 is 0. The number of carbonyl (C=O) groups is 3. The van der Waals surface area contributed by atoms with Crippen LogP contribution in [0.3, 0.4) is 0 Å². The van der Waals surface area contributed by atoms with Crippen LogP contribution in [0.5, 0.6) is 5.75 Å². The van der Waals surface area contributed by atoms with Crippen molar-refractivity contribution in [2.45, 2.75) is 38.8 Å². The zero-order valence-corrected chi connectivity index (χ0v) is 17.9. The van der Waals surface area contributed by atoms with Gasteiger partial charge in [0, 0.05) is 6.54 Å². The molecule has 7 nitrogen and oxygen atoms in total. The quantitative estimate of drug-likeness (QED) is 0.753. The topological polar surface area (TPSA) is 79.0 Å². The third-order valence-electron chi connectivity index (χ3n) is 5.90. The van der Waals surface area contributed by atoms with Gasteiger partial charge in [-0.3, -0.25) is 14.5 Å². The number of hydrogen-bond donors (Lipinski definition) is 1. The van der Waals surface area contributed by atoms with Crippen molar-refractivity contribution >= 4 is 17.8 Å². The SMILES string of the molecule is CCOc1ccccc1C(=O)N1CCCC2(C1)NC(=O)N(Cc1ccc(C)cc1)C2=O. The van der Waals surface area contributed by atoms with Crippen LogP contribution in [0.15, 0.2) is 48.5 Å². The van der Waals surface area contributed by atoms with Crippen LogP contribution in [0.4, 0.5) is 4.79 Å². The highest BCUT2D eigenvalue weighted by atomic mass is 16.5. The first-order valence-electron chi connectivity index (χ1n) is 10.6. The van der Waals surface area contributed by atoms with E-state index in [1.165, 1.54) is 4.90 Å².